The van der Waals surface area contributed by atoms with E-state index in [2.05, 4.69) is 10.2 Å². The Hall–Kier alpha value is -2.07. The molecule has 0 radical (unpaired) electrons. The van der Waals surface area contributed by atoms with Crippen molar-refractivity contribution in [1.82, 2.24) is 15.4 Å². The number of rotatable bonds is 5. The van der Waals surface area contributed by atoms with Gasteiger partial charge in [0.05, 0.1) is 6.04 Å². The van der Waals surface area contributed by atoms with Crippen LogP contribution in [0.2, 0.25) is 0 Å². The molecule has 2 aliphatic heterocycles. The SMILES string of the molecule is NC(=O)OCCONC(=O)[C@@H]1CC[C@@H]2CN1C(=O)N2O. The summed E-state index contributed by atoms with van der Waals surface area (Å²) in [6.07, 6.45) is 0.0613. The molecule has 10 nitrogen and oxygen atoms in total. The van der Waals surface area contributed by atoms with Crippen molar-refractivity contribution < 1.29 is 29.2 Å². The fourth-order valence-corrected chi connectivity index (χ4v) is 2.30. The molecule has 0 spiro atoms. The van der Waals surface area contributed by atoms with Gasteiger partial charge < -0.3 is 15.4 Å². The lowest BCUT2D eigenvalue weighted by Gasteiger charge is -2.28. The fraction of sp³-hybridized carbons (Fsp3) is 0.700. The van der Waals surface area contributed by atoms with E-state index in [1.54, 1.807) is 0 Å². The quantitative estimate of drug-likeness (QED) is 0.330. The predicted molar refractivity (Wildman–Crippen MR) is 62.2 cm³/mol. The van der Waals surface area contributed by atoms with Crippen LogP contribution >= 0.6 is 0 Å². The second-order valence-electron chi connectivity index (χ2n) is 4.51. The van der Waals surface area contributed by atoms with E-state index in [1.807, 2.05) is 0 Å². The number of urea groups is 1. The number of carbonyl (C=O) groups excluding carboxylic acids is 3. The first kappa shape index (κ1) is 14.3. The third kappa shape index (κ3) is 2.91. The number of carbonyl (C=O) groups is 3. The Balaban J connectivity index is 1.76. The standard InChI is InChI=1S/C10H16N4O6/c11-9(16)19-3-4-20-12-8(15)7-2-1-6-5-13(7)10(17)14(6)18/h6-7,18H,1-5H2,(H2,11,16)(H,12,15)/t6-,7+/m1/s1. The Morgan fingerprint density at radius 3 is 2.85 bits per heavy atom. The summed E-state index contributed by atoms with van der Waals surface area (Å²) in [4.78, 5) is 39.9. The summed E-state index contributed by atoms with van der Waals surface area (Å²) in [5, 5.41) is 10.1. The van der Waals surface area contributed by atoms with Gasteiger partial charge in [0.2, 0.25) is 0 Å². The Kier molecular flexibility index (Phi) is 4.25. The Labute approximate surface area is 114 Å². The summed E-state index contributed by atoms with van der Waals surface area (Å²) in [7, 11) is 0. The third-order valence-corrected chi connectivity index (χ3v) is 3.25. The number of nitrogens with zero attached hydrogens (tertiary/aromatic N) is 2. The molecule has 2 heterocycles. The topological polar surface area (TPSA) is 134 Å². The summed E-state index contributed by atoms with van der Waals surface area (Å²) in [5.41, 5.74) is 6.92. The van der Waals surface area contributed by atoms with Crippen molar-refractivity contribution in [2.75, 3.05) is 19.8 Å². The molecule has 2 bridgehead atoms. The van der Waals surface area contributed by atoms with Crippen molar-refractivity contribution in [2.24, 2.45) is 5.73 Å². The molecule has 4 N–H and O–H groups in total. The van der Waals surface area contributed by atoms with Gasteiger partial charge in [0, 0.05) is 6.54 Å². The Bertz CT molecular complexity index is 417. The Morgan fingerprint density at radius 1 is 1.40 bits per heavy atom. The summed E-state index contributed by atoms with van der Waals surface area (Å²) in [6, 6.07) is -1.51. The van der Waals surface area contributed by atoms with Crippen LogP contribution in [0.15, 0.2) is 0 Å². The van der Waals surface area contributed by atoms with Crippen molar-refractivity contribution in [3.05, 3.63) is 0 Å². The third-order valence-electron chi connectivity index (χ3n) is 3.25. The molecule has 2 rings (SSSR count). The van der Waals surface area contributed by atoms with Gasteiger partial charge in [-0.25, -0.2) is 20.1 Å². The van der Waals surface area contributed by atoms with Gasteiger partial charge in [0.1, 0.15) is 19.3 Å². The maximum atomic E-state index is 11.9. The zero-order valence-corrected chi connectivity index (χ0v) is 10.7. The molecule has 0 unspecified atom stereocenters. The van der Waals surface area contributed by atoms with E-state index in [9.17, 15) is 19.6 Å². The maximum absolute atomic E-state index is 11.9. The normalized spacial score (nSPS) is 24.8. The van der Waals surface area contributed by atoms with Crippen LogP contribution in [0.3, 0.4) is 0 Å². The van der Waals surface area contributed by atoms with Gasteiger partial charge >= 0.3 is 12.1 Å². The summed E-state index contributed by atoms with van der Waals surface area (Å²) < 4.78 is 4.41. The molecular formula is C10H16N4O6. The average molecular weight is 288 g/mol. The lowest BCUT2D eigenvalue weighted by molar-refractivity contribution is -0.139. The highest BCUT2D eigenvalue weighted by Crippen LogP contribution is 2.28. The second-order valence-corrected chi connectivity index (χ2v) is 4.51. The monoisotopic (exact) mass is 288 g/mol. The van der Waals surface area contributed by atoms with Crippen molar-refractivity contribution in [3.8, 4) is 0 Å². The molecule has 112 valence electrons. The van der Waals surface area contributed by atoms with Gasteiger partial charge in [0.15, 0.2) is 0 Å². The van der Waals surface area contributed by atoms with E-state index < -0.39 is 24.1 Å². The zero-order valence-electron chi connectivity index (χ0n) is 10.7. The molecule has 2 atom stereocenters. The van der Waals surface area contributed by atoms with Crippen LogP contribution in [-0.2, 0) is 14.4 Å². The van der Waals surface area contributed by atoms with Gasteiger partial charge in [-0.05, 0) is 12.8 Å². The molecule has 20 heavy (non-hydrogen) atoms. The average Bonchev–Trinajstić information content (AvgIpc) is 2.63. The summed E-state index contributed by atoms with van der Waals surface area (Å²) in [5.74, 6) is -0.480. The lowest BCUT2D eigenvalue weighted by atomic mass is 10.0. The number of nitrogens with one attached hydrogen (secondary N) is 1. The van der Waals surface area contributed by atoms with E-state index in [4.69, 9.17) is 10.6 Å². The number of hydroxylamine groups is 3. The molecule has 0 aromatic rings. The van der Waals surface area contributed by atoms with Crippen LogP contribution in [-0.4, -0.2) is 65.0 Å². The van der Waals surface area contributed by atoms with E-state index in [0.717, 1.165) is 0 Å². The van der Waals surface area contributed by atoms with Gasteiger partial charge in [-0.1, -0.05) is 0 Å². The van der Waals surface area contributed by atoms with Crippen molar-refractivity contribution in [1.29, 1.82) is 0 Å². The minimum Gasteiger partial charge on any atom is -0.447 e. The molecule has 4 amide bonds. The zero-order chi connectivity index (χ0) is 14.7. The summed E-state index contributed by atoms with van der Waals surface area (Å²) in [6.45, 7) is 0.178. The first-order valence-corrected chi connectivity index (χ1v) is 6.13. The van der Waals surface area contributed by atoms with E-state index in [0.29, 0.717) is 24.4 Å². The van der Waals surface area contributed by atoms with E-state index in [-0.39, 0.29) is 19.3 Å². The van der Waals surface area contributed by atoms with Crippen LogP contribution in [0.5, 0.6) is 0 Å². The molecule has 10 heteroatoms. The highest BCUT2D eigenvalue weighted by Gasteiger charge is 2.46. The minimum absolute atomic E-state index is 0.0515. The predicted octanol–water partition coefficient (Wildman–Crippen LogP) is -1.21. The van der Waals surface area contributed by atoms with E-state index >= 15 is 0 Å². The first-order valence-electron chi connectivity index (χ1n) is 6.13. The van der Waals surface area contributed by atoms with Crippen LogP contribution in [0.1, 0.15) is 12.8 Å². The first-order chi connectivity index (χ1) is 9.50. The van der Waals surface area contributed by atoms with Crippen LogP contribution in [0, 0.1) is 0 Å². The smallest absolute Gasteiger partial charge is 0.404 e. The minimum atomic E-state index is -0.927. The Morgan fingerprint density at radius 2 is 2.15 bits per heavy atom. The highest BCUT2D eigenvalue weighted by atomic mass is 16.7. The summed E-state index contributed by atoms with van der Waals surface area (Å²) >= 11 is 0. The highest BCUT2D eigenvalue weighted by molar-refractivity contribution is 5.87. The molecule has 0 aromatic carbocycles. The molecule has 2 aliphatic rings. The van der Waals surface area contributed by atoms with Gasteiger partial charge in [-0.2, -0.15) is 0 Å². The molecule has 2 saturated heterocycles. The number of primary amides is 1. The number of piperidine rings is 1. The van der Waals surface area contributed by atoms with Crippen molar-refractivity contribution in [3.63, 3.8) is 0 Å². The second kappa shape index (κ2) is 5.92. The molecule has 0 saturated carbocycles. The molecule has 0 aromatic heterocycles. The van der Waals surface area contributed by atoms with Gasteiger partial charge in [0.25, 0.3) is 5.91 Å². The number of fused-ring (bicyclic) bond motifs is 2. The number of nitrogens with two attached hydrogens (primary N) is 1. The van der Waals surface area contributed by atoms with Crippen molar-refractivity contribution >= 4 is 18.0 Å². The number of ether oxygens (including phenoxy) is 1. The van der Waals surface area contributed by atoms with Gasteiger partial charge in [-0.3, -0.25) is 14.8 Å². The fourth-order valence-electron chi connectivity index (χ4n) is 2.30. The van der Waals surface area contributed by atoms with Crippen LogP contribution in [0.25, 0.3) is 0 Å². The molecule has 0 aliphatic carbocycles. The van der Waals surface area contributed by atoms with Crippen molar-refractivity contribution in [2.45, 2.75) is 24.9 Å². The van der Waals surface area contributed by atoms with Crippen LogP contribution in [0.4, 0.5) is 9.59 Å². The van der Waals surface area contributed by atoms with Crippen LogP contribution < -0.4 is 11.2 Å². The maximum Gasteiger partial charge on any atom is 0.404 e. The molecule has 2 fully saturated rings. The number of amides is 4. The number of hydrogen-bond acceptors (Lipinski definition) is 6. The molecular weight excluding hydrogens is 272 g/mol. The number of hydrogen-bond donors (Lipinski definition) is 3. The van der Waals surface area contributed by atoms with Gasteiger partial charge in [-0.15, -0.1) is 0 Å². The van der Waals surface area contributed by atoms with E-state index in [1.165, 1.54) is 4.90 Å². The lowest BCUT2D eigenvalue weighted by Crippen LogP contribution is -2.49. The largest absolute Gasteiger partial charge is 0.447 e.